The van der Waals surface area contributed by atoms with Crippen LogP contribution in [-0.2, 0) is 4.79 Å². The Morgan fingerprint density at radius 2 is 1.64 bits per heavy atom. The van der Waals surface area contributed by atoms with Crippen molar-refractivity contribution in [1.82, 2.24) is 9.97 Å². The summed E-state index contributed by atoms with van der Waals surface area (Å²) < 4.78 is 0. The molecule has 0 aliphatic carbocycles. The second kappa shape index (κ2) is 6.84. The molecular formula is C20H12N4O4. The van der Waals surface area contributed by atoms with Crippen molar-refractivity contribution in [3.05, 3.63) is 88.8 Å². The van der Waals surface area contributed by atoms with E-state index in [0.29, 0.717) is 5.56 Å². The van der Waals surface area contributed by atoms with Gasteiger partial charge in [-0.05, 0) is 47.6 Å². The first kappa shape index (κ1) is 17.2. The molecule has 0 saturated carbocycles. The number of amides is 2. The van der Waals surface area contributed by atoms with Gasteiger partial charge in [0.2, 0.25) is 0 Å². The third kappa shape index (κ3) is 2.73. The van der Waals surface area contributed by atoms with Crippen molar-refractivity contribution >= 4 is 34.5 Å². The number of benzene rings is 1. The van der Waals surface area contributed by atoms with Crippen LogP contribution in [0.25, 0.3) is 11.3 Å². The van der Waals surface area contributed by atoms with E-state index in [9.17, 15) is 19.6 Å². The highest BCUT2D eigenvalue weighted by Crippen LogP contribution is 2.42. The van der Waals surface area contributed by atoms with Crippen LogP contribution in [0.15, 0.2) is 72.2 Å². The topological polar surface area (TPSA) is 113 Å². The second-order valence-electron chi connectivity index (χ2n) is 5.89. The molecule has 2 amide bonds. The van der Waals surface area contributed by atoms with E-state index in [2.05, 4.69) is 15.1 Å². The van der Waals surface area contributed by atoms with Gasteiger partial charge in [0.15, 0.2) is 5.76 Å². The van der Waals surface area contributed by atoms with Crippen molar-refractivity contribution in [3.63, 3.8) is 0 Å². The number of aliphatic hydroxyl groups excluding tert-OH is 1. The number of carbonyl (C=O) groups excluding carboxylic acids is 2. The number of aliphatic hydroxyl groups is 1. The first-order chi connectivity index (χ1) is 13.6. The largest absolute Gasteiger partial charge is 0.505 e. The van der Waals surface area contributed by atoms with Gasteiger partial charge in [-0.1, -0.05) is 12.1 Å². The lowest BCUT2D eigenvalue weighted by Crippen LogP contribution is -2.34. The molecule has 0 radical (unpaired) electrons. The highest BCUT2D eigenvalue weighted by Gasteiger charge is 2.40. The summed E-state index contributed by atoms with van der Waals surface area (Å²) in [5.41, 5.74) is 0.630. The molecule has 0 spiro atoms. The van der Waals surface area contributed by atoms with Gasteiger partial charge in [0.1, 0.15) is 17.1 Å². The summed E-state index contributed by atoms with van der Waals surface area (Å²) in [6, 6.07) is 13.8. The average molecular weight is 372 g/mol. The number of nitrogens with zero attached hydrogens (tertiary/aromatic N) is 4. The van der Waals surface area contributed by atoms with E-state index in [1.54, 1.807) is 30.3 Å². The number of anilines is 1. The number of pyridine rings is 2. The molecule has 1 aromatic carbocycles. The SMILES string of the molecule is O=Nc1ccc2c(c1)N(C(=O)c1ccccn1)C(=O)/C2=C(\O)c1ccccn1. The Kier molecular flexibility index (Phi) is 4.21. The molecule has 2 aromatic heterocycles. The summed E-state index contributed by atoms with van der Waals surface area (Å²) in [6.07, 6.45) is 2.91. The lowest BCUT2D eigenvalue weighted by molar-refractivity contribution is -0.112. The zero-order valence-electron chi connectivity index (χ0n) is 14.3. The number of imide groups is 1. The molecule has 8 heteroatoms. The van der Waals surface area contributed by atoms with Crippen molar-refractivity contribution in [1.29, 1.82) is 0 Å². The lowest BCUT2D eigenvalue weighted by Gasteiger charge is -2.14. The molecule has 3 aromatic rings. The van der Waals surface area contributed by atoms with Gasteiger partial charge >= 0.3 is 0 Å². The summed E-state index contributed by atoms with van der Waals surface area (Å²) in [6.45, 7) is 0. The maximum Gasteiger partial charge on any atom is 0.283 e. The quantitative estimate of drug-likeness (QED) is 0.326. The molecule has 0 bridgehead atoms. The standard InChI is InChI=1S/C20H12N4O4/c25-18(14-5-1-3-9-21-14)17-13-8-7-12(23-28)11-16(13)24(20(17)27)19(26)15-6-2-4-10-22-15/h1-11,25H/b18-17-. The molecule has 0 atom stereocenters. The summed E-state index contributed by atoms with van der Waals surface area (Å²) in [5, 5.41) is 13.6. The van der Waals surface area contributed by atoms with E-state index in [4.69, 9.17) is 0 Å². The Morgan fingerprint density at radius 1 is 0.964 bits per heavy atom. The van der Waals surface area contributed by atoms with Crippen molar-refractivity contribution in [2.75, 3.05) is 4.90 Å². The van der Waals surface area contributed by atoms with Gasteiger partial charge in [0.25, 0.3) is 11.8 Å². The molecule has 0 saturated heterocycles. The zero-order valence-corrected chi connectivity index (χ0v) is 14.3. The molecule has 1 N–H and O–H groups in total. The predicted molar refractivity (Wildman–Crippen MR) is 102 cm³/mol. The van der Waals surface area contributed by atoms with Gasteiger partial charge in [-0.25, -0.2) is 4.90 Å². The molecule has 136 valence electrons. The minimum atomic E-state index is -0.739. The Balaban J connectivity index is 1.92. The van der Waals surface area contributed by atoms with Gasteiger partial charge in [-0.3, -0.25) is 19.6 Å². The summed E-state index contributed by atoms with van der Waals surface area (Å²) in [7, 11) is 0. The average Bonchev–Trinajstić information content (AvgIpc) is 3.04. The van der Waals surface area contributed by atoms with E-state index >= 15 is 0 Å². The van der Waals surface area contributed by atoms with Crippen molar-refractivity contribution in [2.24, 2.45) is 5.18 Å². The number of hydrogen-bond acceptors (Lipinski definition) is 7. The van der Waals surface area contributed by atoms with E-state index in [0.717, 1.165) is 4.90 Å². The predicted octanol–water partition coefficient (Wildman–Crippen LogP) is 3.49. The van der Waals surface area contributed by atoms with Crippen LogP contribution in [0, 0.1) is 4.91 Å². The van der Waals surface area contributed by atoms with Crippen LogP contribution in [0.4, 0.5) is 11.4 Å². The smallest absolute Gasteiger partial charge is 0.283 e. The van der Waals surface area contributed by atoms with Crippen LogP contribution < -0.4 is 4.90 Å². The normalized spacial score (nSPS) is 14.6. The highest BCUT2D eigenvalue weighted by molar-refractivity contribution is 6.44. The van der Waals surface area contributed by atoms with Crippen LogP contribution in [-0.4, -0.2) is 26.9 Å². The maximum absolute atomic E-state index is 13.1. The minimum absolute atomic E-state index is 0.0453. The Hall–Kier alpha value is -4.20. The fourth-order valence-electron chi connectivity index (χ4n) is 2.97. The van der Waals surface area contributed by atoms with Crippen molar-refractivity contribution in [2.45, 2.75) is 0 Å². The molecule has 0 fully saturated rings. The fourth-order valence-corrected chi connectivity index (χ4v) is 2.97. The van der Waals surface area contributed by atoms with Gasteiger partial charge < -0.3 is 5.11 Å². The second-order valence-corrected chi connectivity index (χ2v) is 5.89. The molecule has 3 heterocycles. The number of hydrogen-bond donors (Lipinski definition) is 1. The third-order valence-electron chi connectivity index (χ3n) is 4.25. The fraction of sp³-hybridized carbons (Fsp3) is 0. The Morgan fingerprint density at radius 3 is 2.25 bits per heavy atom. The highest BCUT2D eigenvalue weighted by atomic mass is 16.3. The van der Waals surface area contributed by atoms with Crippen LogP contribution in [0.2, 0.25) is 0 Å². The minimum Gasteiger partial charge on any atom is -0.505 e. The van der Waals surface area contributed by atoms with Crippen LogP contribution in [0.5, 0.6) is 0 Å². The van der Waals surface area contributed by atoms with Gasteiger partial charge in [0.05, 0.1) is 11.3 Å². The summed E-state index contributed by atoms with van der Waals surface area (Å²) in [5.74, 6) is -1.79. The monoisotopic (exact) mass is 372 g/mol. The van der Waals surface area contributed by atoms with E-state index < -0.39 is 11.8 Å². The van der Waals surface area contributed by atoms with E-state index in [1.165, 1.54) is 36.7 Å². The number of rotatable bonds is 3. The molecule has 1 aliphatic heterocycles. The molecule has 4 rings (SSSR count). The van der Waals surface area contributed by atoms with Crippen LogP contribution in [0.3, 0.4) is 0 Å². The molecule has 28 heavy (non-hydrogen) atoms. The van der Waals surface area contributed by atoms with Gasteiger partial charge in [-0.2, -0.15) is 0 Å². The molecule has 8 nitrogen and oxygen atoms in total. The first-order valence-corrected chi connectivity index (χ1v) is 8.24. The lowest BCUT2D eigenvalue weighted by atomic mass is 10.0. The maximum atomic E-state index is 13.1. The Bertz CT molecular complexity index is 1130. The van der Waals surface area contributed by atoms with Crippen LogP contribution in [0.1, 0.15) is 21.7 Å². The van der Waals surface area contributed by atoms with Crippen molar-refractivity contribution in [3.8, 4) is 0 Å². The molecule has 1 aliphatic rings. The zero-order chi connectivity index (χ0) is 19.7. The number of nitroso groups, excluding NO2 is 1. The van der Waals surface area contributed by atoms with E-state index in [1.807, 2.05) is 0 Å². The van der Waals surface area contributed by atoms with Gasteiger partial charge in [0, 0.05) is 18.0 Å². The van der Waals surface area contributed by atoms with Crippen molar-refractivity contribution < 1.29 is 14.7 Å². The molecular weight excluding hydrogens is 360 g/mol. The number of fused-ring (bicyclic) bond motifs is 1. The summed E-state index contributed by atoms with van der Waals surface area (Å²) in [4.78, 5) is 45.9. The van der Waals surface area contributed by atoms with Gasteiger partial charge in [-0.15, -0.1) is 4.91 Å². The van der Waals surface area contributed by atoms with E-state index in [-0.39, 0.29) is 34.1 Å². The number of carbonyl (C=O) groups is 2. The summed E-state index contributed by atoms with van der Waals surface area (Å²) >= 11 is 0. The third-order valence-corrected chi connectivity index (χ3v) is 4.25. The van der Waals surface area contributed by atoms with Crippen LogP contribution >= 0.6 is 0 Å². The Labute approximate surface area is 158 Å². The first-order valence-electron chi connectivity index (χ1n) is 8.24. The number of aromatic nitrogens is 2. The molecule has 0 unspecified atom stereocenters.